The molecule has 0 rings (SSSR count). The molecule has 0 aliphatic heterocycles. The molecule has 2 N–H and O–H groups in total. The predicted octanol–water partition coefficient (Wildman–Crippen LogP) is 0.155. The third-order valence-electron chi connectivity index (χ3n) is 2.03. The molecule has 0 amide bonds. The van der Waals surface area contributed by atoms with Gasteiger partial charge in [0.1, 0.15) is 5.60 Å². The van der Waals surface area contributed by atoms with E-state index in [0.29, 0.717) is 6.42 Å². The molecule has 0 spiro atoms. The van der Waals surface area contributed by atoms with Gasteiger partial charge in [-0.2, -0.15) is 0 Å². The molecule has 2 atom stereocenters. The Kier molecular flexibility index (Phi) is 3.86. The van der Waals surface area contributed by atoms with Gasteiger partial charge in [-0.1, -0.05) is 6.92 Å². The summed E-state index contributed by atoms with van der Waals surface area (Å²) >= 11 is 0. The Morgan fingerprint density at radius 3 is 2.10 bits per heavy atom. The average molecular weight is 148 g/mol. The van der Waals surface area contributed by atoms with Crippen LogP contribution in [-0.2, 0) is 4.74 Å². The maximum Gasteiger partial charge on any atom is 0.116 e. The molecule has 62 valence electrons. The summed E-state index contributed by atoms with van der Waals surface area (Å²) in [5.74, 6) is 0. The van der Waals surface area contributed by atoms with Crippen molar-refractivity contribution < 1.29 is 14.9 Å². The molecule has 0 fully saturated rings. The predicted molar refractivity (Wildman–Crippen MR) is 38.8 cm³/mol. The summed E-state index contributed by atoms with van der Waals surface area (Å²) < 4.78 is 5.00. The lowest BCUT2D eigenvalue weighted by atomic mass is 9.96. The van der Waals surface area contributed by atoms with E-state index in [1.807, 2.05) is 6.92 Å². The molecule has 0 aromatic heterocycles. The van der Waals surface area contributed by atoms with Crippen LogP contribution < -0.4 is 0 Å². The highest BCUT2D eigenvalue weighted by atomic mass is 16.5. The number of rotatable bonds is 4. The van der Waals surface area contributed by atoms with Gasteiger partial charge in [-0.05, 0) is 13.3 Å². The number of aliphatic hydroxyl groups excluding tert-OH is 2. The topological polar surface area (TPSA) is 49.7 Å². The van der Waals surface area contributed by atoms with E-state index < -0.39 is 11.7 Å². The molecule has 0 aromatic rings. The zero-order chi connectivity index (χ0) is 8.20. The molecule has 10 heavy (non-hydrogen) atoms. The minimum Gasteiger partial charge on any atom is -0.393 e. The van der Waals surface area contributed by atoms with Gasteiger partial charge in [-0.25, -0.2) is 0 Å². The average Bonchev–Trinajstić information content (AvgIpc) is 1.92. The van der Waals surface area contributed by atoms with Crippen molar-refractivity contribution in [1.29, 1.82) is 0 Å². The van der Waals surface area contributed by atoms with Crippen molar-refractivity contribution >= 4 is 0 Å². The van der Waals surface area contributed by atoms with E-state index in [9.17, 15) is 5.11 Å². The van der Waals surface area contributed by atoms with E-state index in [0.717, 1.165) is 0 Å². The molecule has 3 nitrogen and oxygen atoms in total. The van der Waals surface area contributed by atoms with E-state index in [1.54, 1.807) is 6.92 Å². The molecule has 2 unspecified atom stereocenters. The fraction of sp³-hybridized carbons (Fsp3) is 1.00. The zero-order valence-corrected chi connectivity index (χ0v) is 6.79. The van der Waals surface area contributed by atoms with E-state index in [1.165, 1.54) is 7.11 Å². The van der Waals surface area contributed by atoms with Crippen molar-refractivity contribution in [2.24, 2.45) is 0 Å². The largest absolute Gasteiger partial charge is 0.393 e. The van der Waals surface area contributed by atoms with Gasteiger partial charge in [0, 0.05) is 7.11 Å². The van der Waals surface area contributed by atoms with E-state index in [2.05, 4.69) is 0 Å². The fourth-order valence-corrected chi connectivity index (χ4v) is 0.919. The maximum atomic E-state index is 9.18. The van der Waals surface area contributed by atoms with Gasteiger partial charge >= 0.3 is 0 Å². The number of ether oxygens (including phenoxy) is 1. The standard InChI is InChI=1S/C7H16O3/c1-4-7(5-8,10-3)6(2)9/h6,8-9H,4-5H2,1-3H3. The summed E-state index contributed by atoms with van der Waals surface area (Å²) in [4.78, 5) is 0. The number of aliphatic hydroxyl groups is 2. The number of hydrogen-bond acceptors (Lipinski definition) is 3. The second-order valence-corrected chi connectivity index (χ2v) is 2.46. The molecule has 0 aliphatic rings. The van der Waals surface area contributed by atoms with Crippen molar-refractivity contribution in [3.05, 3.63) is 0 Å². The van der Waals surface area contributed by atoms with Gasteiger partial charge in [0.25, 0.3) is 0 Å². The summed E-state index contributed by atoms with van der Waals surface area (Å²) in [7, 11) is 1.49. The molecule has 0 aliphatic carbocycles. The molecule has 0 aromatic carbocycles. The van der Waals surface area contributed by atoms with Crippen molar-refractivity contribution in [2.45, 2.75) is 32.0 Å². The molecule has 0 bridgehead atoms. The Morgan fingerprint density at radius 2 is 2.10 bits per heavy atom. The summed E-state index contributed by atoms with van der Waals surface area (Å²) in [6.07, 6.45) is -0.0231. The Morgan fingerprint density at radius 1 is 1.60 bits per heavy atom. The first-order valence-electron chi connectivity index (χ1n) is 3.47. The highest BCUT2D eigenvalue weighted by Gasteiger charge is 2.32. The normalized spacial score (nSPS) is 20.1. The Labute approximate surface area is 61.6 Å². The van der Waals surface area contributed by atoms with Crippen LogP contribution in [0.1, 0.15) is 20.3 Å². The van der Waals surface area contributed by atoms with Gasteiger partial charge in [0.2, 0.25) is 0 Å². The Bertz CT molecular complexity index is 78.6. The van der Waals surface area contributed by atoms with E-state index >= 15 is 0 Å². The van der Waals surface area contributed by atoms with Crippen LogP contribution in [0.15, 0.2) is 0 Å². The van der Waals surface area contributed by atoms with Crippen LogP contribution in [-0.4, -0.2) is 35.6 Å². The lowest BCUT2D eigenvalue weighted by Crippen LogP contribution is -2.45. The highest BCUT2D eigenvalue weighted by Crippen LogP contribution is 2.18. The van der Waals surface area contributed by atoms with Crippen molar-refractivity contribution in [1.82, 2.24) is 0 Å². The minimum absolute atomic E-state index is 0.141. The molecular formula is C7H16O3. The highest BCUT2D eigenvalue weighted by molar-refractivity contribution is 4.83. The Hall–Kier alpha value is -0.120. The lowest BCUT2D eigenvalue weighted by molar-refractivity contribution is -0.124. The molecule has 0 saturated carbocycles. The van der Waals surface area contributed by atoms with Crippen molar-refractivity contribution in [3.8, 4) is 0 Å². The monoisotopic (exact) mass is 148 g/mol. The van der Waals surface area contributed by atoms with Crippen LogP contribution in [0.25, 0.3) is 0 Å². The number of hydrogen-bond donors (Lipinski definition) is 2. The van der Waals surface area contributed by atoms with Gasteiger partial charge in [-0.15, -0.1) is 0 Å². The van der Waals surface area contributed by atoms with E-state index in [4.69, 9.17) is 9.84 Å². The smallest absolute Gasteiger partial charge is 0.116 e. The van der Waals surface area contributed by atoms with E-state index in [-0.39, 0.29) is 6.61 Å². The van der Waals surface area contributed by atoms with Crippen LogP contribution in [0.4, 0.5) is 0 Å². The third-order valence-corrected chi connectivity index (χ3v) is 2.03. The Balaban J connectivity index is 4.15. The molecular weight excluding hydrogens is 132 g/mol. The first-order chi connectivity index (χ1) is 4.63. The van der Waals surface area contributed by atoms with Gasteiger partial charge < -0.3 is 14.9 Å². The molecule has 0 saturated heterocycles. The molecule has 3 heteroatoms. The van der Waals surface area contributed by atoms with Gasteiger partial charge in [-0.3, -0.25) is 0 Å². The van der Waals surface area contributed by atoms with Crippen LogP contribution in [0.5, 0.6) is 0 Å². The van der Waals surface area contributed by atoms with Crippen LogP contribution in [0.2, 0.25) is 0 Å². The SMILES string of the molecule is CCC(CO)(OC)C(C)O. The van der Waals surface area contributed by atoms with Gasteiger partial charge in [0.05, 0.1) is 12.7 Å². The van der Waals surface area contributed by atoms with Crippen LogP contribution in [0.3, 0.4) is 0 Å². The quantitative estimate of drug-likeness (QED) is 0.597. The summed E-state index contributed by atoms with van der Waals surface area (Å²) in [5, 5.41) is 18.0. The minimum atomic E-state index is -0.764. The maximum absolute atomic E-state index is 9.18. The second-order valence-electron chi connectivity index (χ2n) is 2.46. The second kappa shape index (κ2) is 3.91. The molecule has 0 radical (unpaired) electrons. The zero-order valence-electron chi connectivity index (χ0n) is 6.79. The van der Waals surface area contributed by atoms with Crippen LogP contribution in [0, 0.1) is 0 Å². The number of methoxy groups -OCH3 is 1. The third kappa shape index (κ3) is 1.68. The fourth-order valence-electron chi connectivity index (χ4n) is 0.919. The van der Waals surface area contributed by atoms with Crippen molar-refractivity contribution in [2.75, 3.05) is 13.7 Å². The first kappa shape index (κ1) is 9.88. The van der Waals surface area contributed by atoms with Crippen molar-refractivity contribution in [3.63, 3.8) is 0 Å². The van der Waals surface area contributed by atoms with Gasteiger partial charge in [0.15, 0.2) is 0 Å². The lowest BCUT2D eigenvalue weighted by Gasteiger charge is -2.31. The molecule has 0 heterocycles. The first-order valence-corrected chi connectivity index (χ1v) is 3.47. The summed E-state index contributed by atoms with van der Waals surface area (Å²) in [6.45, 7) is 3.34. The van der Waals surface area contributed by atoms with Crippen LogP contribution >= 0.6 is 0 Å². The summed E-state index contributed by atoms with van der Waals surface area (Å²) in [6, 6.07) is 0. The summed E-state index contributed by atoms with van der Waals surface area (Å²) in [5.41, 5.74) is -0.764.